The van der Waals surface area contributed by atoms with Crippen molar-refractivity contribution in [3.05, 3.63) is 109 Å². The predicted octanol–water partition coefficient (Wildman–Crippen LogP) is 15.2. The molecule has 0 bridgehead atoms. The molecule has 0 aliphatic rings. The molecule has 0 aliphatic carbocycles. The van der Waals surface area contributed by atoms with Gasteiger partial charge in [0.2, 0.25) is 0 Å². The van der Waals surface area contributed by atoms with Crippen molar-refractivity contribution < 1.29 is 28.6 Å². The number of rotatable bonds is 40. The van der Waals surface area contributed by atoms with Crippen LogP contribution in [0.4, 0.5) is 0 Å². The molecule has 0 saturated carbocycles. The first-order valence-corrected chi connectivity index (χ1v) is 23.4. The van der Waals surface area contributed by atoms with Crippen molar-refractivity contribution in [3.63, 3.8) is 0 Å². The molecular formula is C53H84O6. The van der Waals surface area contributed by atoms with Crippen molar-refractivity contribution in [1.29, 1.82) is 0 Å². The Bertz CT molecular complexity index is 1260. The maximum Gasteiger partial charge on any atom is 0.306 e. The van der Waals surface area contributed by atoms with Gasteiger partial charge in [-0.05, 0) is 103 Å². The Morgan fingerprint density at radius 1 is 0.339 bits per heavy atom. The van der Waals surface area contributed by atoms with Crippen molar-refractivity contribution in [2.24, 2.45) is 0 Å². The molecule has 332 valence electrons. The van der Waals surface area contributed by atoms with Gasteiger partial charge in [-0.1, -0.05) is 175 Å². The molecule has 0 fully saturated rings. The average Bonchev–Trinajstić information content (AvgIpc) is 3.23. The fraction of sp³-hybridized carbons (Fsp3) is 0.604. The Kier molecular flexibility index (Phi) is 43.6. The van der Waals surface area contributed by atoms with E-state index in [1.165, 1.54) is 38.5 Å². The highest BCUT2D eigenvalue weighted by molar-refractivity contribution is 5.71. The maximum atomic E-state index is 12.7. The van der Waals surface area contributed by atoms with Gasteiger partial charge in [0.1, 0.15) is 13.2 Å². The van der Waals surface area contributed by atoms with Gasteiger partial charge in [-0.3, -0.25) is 14.4 Å². The highest BCUT2D eigenvalue weighted by Crippen LogP contribution is 2.13. The lowest BCUT2D eigenvalue weighted by atomic mass is 10.1. The van der Waals surface area contributed by atoms with Gasteiger partial charge >= 0.3 is 17.9 Å². The molecule has 0 aromatic heterocycles. The summed E-state index contributed by atoms with van der Waals surface area (Å²) in [6.45, 7) is 6.16. The summed E-state index contributed by atoms with van der Waals surface area (Å²) >= 11 is 0. The lowest BCUT2D eigenvalue weighted by molar-refractivity contribution is -0.167. The Morgan fingerprint density at radius 3 is 1.02 bits per heavy atom. The van der Waals surface area contributed by atoms with Gasteiger partial charge in [0.25, 0.3) is 0 Å². The zero-order valence-electron chi connectivity index (χ0n) is 37.7. The fourth-order valence-electron chi connectivity index (χ4n) is 5.85. The number of carbonyl (C=O) groups excluding carboxylic acids is 3. The Morgan fingerprint density at radius 2 is 0.627 bits per heavy atom. The summed E-state index contributed by atoms with van der Waals surface area (Å²) < 4.78 is 16.6. The van der Waals surface area contributed by atoms with Crippen molar-refractivity contribution >= 4 is 17.9 Å². The Hall–Kier alpha value is -3.93. The molecule has 0 N–H and O–H groups in total. The molecule has 0 heterocycles. The number of carbonyl (C=O) groups is 3. The molecule has 0 spiro atoms. The fourth-order valence-corrected chi connectivity index (χ4v) is 5.85. The van der Waals surface area contributed by atoms with E-state index in [0.717, 1.165) is 96.3 Å². The van der Waals surface area contributed by atoms with Gasteiger partial charge in [0.15, 0.2) is 6.10 Å². The third kappa shape index (κ3) is 45.0. The third-order valence-electron chi connectivity index (χ3n) is 9.25. The zero-order valence-corrected chi connectivity index (χ0v) is 37.7. The zero-order chi connectivity index (χ0) is 43.0. The van der Waals surface area contributed by atoms with E-state index >= 15 is 0 Å². The number of esters is 3. The van der Waals surface area contributed by atoms with Crippen LogP contribution in [0.25, 0.3) is 0 Å². The molecule has 0 aromatic rings. The van der Waals surface area contributed by atoms with Gasteiger partial charge in [-0.2, -0.15) is 0 Å². The predicted molar refractivity (Wildman–Crippen MR) is 251 cm³/mol. The third-order valence-corrected chi connectivity index (χ3v) is 9.25. The molecular weight excluding hydrogens is 733 g/mol. The summed E-state index contributed by atoms with van der Waals surface area (Å²) in [4.78, 5) is 37.7. The van der Waals surface area contributed by atoms with Gasteiger partial charge in [0.05, 0.1) is 0 Å². The van der Waals surface area contributed by atoms with Gasteiger partial charge in [0, 0.05) is 19.3 Å². The molecule has 1 unspecified atom stereocenters. The van der Waals surface area contributed by atoms with Gasteiger partial charge < -0.3 is 14.2 Å². The second-order valence-corrected chi connectivity index (χ2v) is 14.9. The van der Waals surface area contributed by atoms with Crippen LogP contribution in [0, 0.1) is 0 Å². The summed E-state index contributed by atoms with van der Waals surface area (Å²) in [5.74, 6) is -1.05. The van der Waals surface area contributed by atoms with Crippen LogP contribution in [0.2, 0.25) is 0 Å². The summed E-state index contributed by atoms with van der Waals surface area (Å²) in [6.07, 6.45) is 62.4. The highest BCUT2D eigenvalue weighted by atomic mass is 16.6. The van der Waals surface area contributed by atoms with E-state index in [1.807, 2.05) is 0 Å². The standard InChI is InChI=1S/C53H84O6/c1-4-7-10-13-16-19-22-23-24-25-26-27-28-29-32-34-37-40-43-46-52(55)58-49-50(59-53(56)47-44-41-38-35-31-21-18-15-12-9-6-3)48-57-51(54)45-42-39-36-33-30-20-17-14-11-8-5-2/h7-12,16-21,23-24,33,35-36,38,50H,4-6,13-15,22,25-32,34,37,39-49H2,1-3H3/b10-7-,11-8-,12-9-,19-16-,20-17-,21-18-,24-23-,36-33-,38-35-. The van der Waals surface area contributed by atoms with Crippen molar-refractivity contribution in [1.82, 2.24) is 0 Å². The largest absolute Gasteiger partial charge is 0.462 e. The maximum absolute atomic E-state index is 12.7. The topological polar surface area (TPSA) is 78.9 Å². The molecule has 59 heavy (non-hydrogen) atoms. The van der Waals surface area contributed by atoms with Gasteiger partial charge in [-0.15, -0.1) is 0 Å². The van der Waals surface area contributed by atoms with E-state index in [-0.39, 0.29) is 44.0 Å². The number of hydrogen-bond acceptors (Lipinski definition) is 6. The van der Waals surface area contributed by atoms with Crippen LogP contribution < -0.4 is 0 Å². The number of hydrogen-bond donors (Lipinski definition) is 0. The smallest absolute Gasteiger partial charge is 0.306 e. The molecule has 6 heteroatoms. The summed E-state index contributed by atoms with van der Waals surface area (Å²) in [5.41, 5.74) is 0. The first kappa shape index (κ1) is 55.1. The monoisotopic (exact) mass is 817 g/mol. The molecule has 0 saturated heterocycles. The van der Waals surface area contributed by atoms with Crippen LogP contribution in [0.5, 0.6) is 0 Å². The molecule has 1 atom stereocenters. The van der Waals surface area contributed by atoms with E-state index in [9.17, 15) is 14.4 Å². The normalized spacial score (nSPS) is 13.1. The molecule has 0 amide bonds. The highest BCUT2D eigenvalue weighted by Gasteiger charge is 2.19. The first-order chi connectivity index (χ1) is 29.0. The van der Waals surface area contributed by atoms with Crippen LogP contribution in [0.1, 0.15) is 188 Å². The van der Waals surface area contributed by atoms with Crippen molar-refractivity contribution in [3.8, 4) is 0 Å². The Balaban J connectivity index is 4.43. The number of allylic oxidation sites excluding steroid dienone is 18. The van der Waals surface area contributed by atoms with E-state index in [0.29, 0.717) is 19.3 Å². The second kappa shape index (κ2) is 46.8. The summed E-state index contributed by atoms with van der Waals surface area (Å²) in [6, 6.07) is 0. The average molecular weight is 817 g/mol. The van der Waals surface area contributed by atoms with E-state index < -0.39 is 6.10 Å². The number of ether oxygens (including phenoxy) is 3. The molecule has 0 radical (unpaired) electrons. The van der Waals surface area contributed by atoms with Crippen LogP contribution in [0.3, 0.4) is 0 Å². The minimum absolute atomic E-state index is 0.119. The lowest BCUT2D eigenvalue weighted by Gasteiger charge is -2.18. The quantitative estimate of drug-likeness (QED) is 0.0265. The molecule has 0 aliphatic heterocycles. The van der Waals surface area contributed by atoms with Crippen molar-refractivity contribution in [2.75, 3.05) is 13.2 Å². The molecule has 0 rings (SSSR count). The van der Waals surface area contributed by atoms with Crippen molar-refractivity contribution in [2.45, 2.75) is 194 Å². The van der Waals surface area contributed by atoms with E-state index in [4.69, 9.17) is 14.2 Å². The van der Waals surface area contributed by atoms with E-state index in [2.05, 4.69) is 130 Å². The second-order valence-electron chi connectivity index (χ2n) is 14.9. The van der Waals surface area contributed by atoms with Crippen LogP contribution in [0.15, 0.2) is 109 Å². The number of unbranched alkanes of at least 4 members (excludes halogenated alkanes) is 11. The lowest BCUT2D eigenvalue weighted by Crippen LogP contribution is -2.30. The summed E-state index contributed by atoms with van der Waals surface area (Å²) in [5, 5.41) is 0. The molecule has 6 nitrogen and oxygen atoms in total. The Labute approximate surface area is 361 Å². The van der Waals surface area contributed by atoms with E-state index in [1.54, 1.807) is 0 Å². The first-order valence-electron chi connectivity index (χ1n) is 23.4. The minimum Gasteiger partial charge on any atom is -0.462 e. The van der Waals surface area contributed by atoms with Crippen LogP contribution in [-0.2, 0) is 28.6 Å². The van der Waals surface area contributed by atoms with Crippen LogP contribution >= 0.6 is 0 Å². The van der Waals surface area contributed by atoms with Gasteiger partial charge in [-0.25, -0.2) is 0 Å². The minimum atomic E-state index is -0.826. The SMILES string of the molecule is CC/C=C\C/C=C\C/C=C\CCCCCCCCCCCC(=O)OCC(COC(=O)CCC/C=C\C/C=C\C/C=C\CC)OC(=O)CCC/C=C\C/C=C\C/C=C\CC. The molecule has 0 aromatic carbocycles. The summed E-state index contributed by atoms with van der Waals surface area (Å²) in [7, 11) is 0. The van der Waals surface area contributed by atoms with Crippen LogP contribution in [-0.4, -0.2) is 37.2 Å².